The second-order valence-corrected chi connectivity index (χ2v) is 7.95. The summed E-state index contributed by atoms with van der Waals surface area (Å²) >= 11 is 0. The molecule has 1 aromatic heterocycles. The van der Waals surface area contributed by atoms with Crippen molar-refractivity contribution in [3.8, 4) is 5.88 Å². The molecule has 29 heavy (non-hydrogen) atoms. The Morgan fingerprint density at radius 3 is 2.66 bits per heavy atom. The maximum atomic E-state index is 15.1. The van der Waals surface area contributed by atoms with Crippen LogP contribution in [0.15, 0.2) is 17.1 Å². The number of nitrogens with zero attached hydrogens (tertiary/aromatic N) is 2. The summed E-state index contributed by atoms with van der Waals surface area (Å²) in [5.41, 5.74) is -0.817. The van der Waals surface area contributed by atoms with E-state index in [2.05, 4.69) is 4.98 Å². The summed E-state index contributed by atoms with van der Waals surface area (Å²) in [7, 11) is 0. The van der Waals surface area contributed by atoms with Gasteiger partial charge in [-0.1, -0.05) is 19.3 Å². The van der Waals surface area contributed by atoms with Gasteiger partial charge in [0.05, 0.1) is 5.92 Å². The van der Waals surface area contributed by atoms with Crippen molar-refractivity contribution in [2.75, 3.05) is 6.61 Å². The zero-order chi connectivity index (χ0) is 20.6. The summed E-state index contributed by atoms with van der Waals surface area (Å²) in [6, 6.07) is 1.41. The predicted molar refractivity (Wildman–Crippen MR) is 95.7 cm³/mol. The van der Waals surface area contributed by atoms with Gasteiger partial charge in [-0.05, 0) is 25.7 Å². The normalized spacial score (nSPS) is 32.9. The second kappa shape index (κ2) is 8.00. The monoisotopic (exact) mass is 412 g/mol. The van der Waals surface area contributed by atoms with Crippen LogP contribution >= 0.6 is 0 Å². The Labute approximate surface area is 166 Å². The van der Waals surface area contributed by atoms with Crippen molar-refractivity contribution in [1.29, 1.82) is 0 Å². The second-order valence-electron chi connectivity index (χ2n) is 7.95. The van der Waals surface area contributed by atoms with E-state index in [4.69, 9.17) is 14.2 Å². The zero-order valence-electron chi connectivity index (χ0n) is 15.9. The molecule has 160 valence electrons. The Hall–Kier alpha value is -2.04. The molecule has 2 aliphatic carbocycles. The summed E-state index contributed by atoms with van der Waals surface area (Å²) < 4.78 is 31.6. The fourth-order valence-corrected chi connectivity index (χ4v) is 3.73. The molecular formula is C19H25FN2O7. The first-order chi connectivity index (χ1) is 13.9. The molecular weight excluding hydrogens is 387 g/mol. The minimum atomic E-state index is -2.84. The number of aliphatic hydroxyl groups excluding tert-OH is 2. The highest BCUT2D eigenvalue weighted by molar-refractivity contribution is 5.72. The molecule has 1 aromatic rings. The van der Waals surface area contributed by atoms with Crippen LogP contribution in [0.5, 0.6) is 5.88 Å². The number of carbonyl (C=O) groups excluding carboxylic acids is 1. The van der Waals surface area contributed by atoms with Crippen LogP contribution in [0, 0.1) is 5.92 Å². The lowest BCUT2D eigenvalue weighted by Gasteiger charge is -2.25. The van der Waals surface area contributed by atoms with E-state index in [-0.39, 0.29) is 17.9 Å². The molecule has 0 amide bonds. The Balaban J connectivity index is 1.42. The number of ether oxygens (including phenoxy) is 3. The lowest BCUT2D eigenvalue weighted by atomic mass is 9.89. The minimum absolute atomic E-state index is 0.0465. The van der Waals surface area contributed by atoms with E-state index in [1.807, 2.05) is 0 Å². The smallest absolute Gasteiger partial charge is 0.353 e. The maximum absolute atomic E-state index is 15.1. The molecule has 0 bridgehead atoms. The number of aliphatic hydroxyl groups is 2. The first-order valence-corrected chi connectivity index (χ1v) is 10.0. The van der Waals surface area contributed by atoms with Crippen molar-refractivity contribution < 1.29 is 33.6 Å². The Kier molecular flexibility index (Phi) is 5.58. The molecule has 0 spiro atoms. The fourth-order valence-electron chi connectivity index (χ4n) is 3.73. The topological polar surface area (TPSA) is 120 Å². The third kappa shape index (κ3) is 4.29. The van der Waals surface area contributed by atoms with Gasteiger partial charge < -0.3 is 24.4 Å². The Bertz CT molecular complexity index is 808. The van der Waals surface area contributed by atoms with E-state index in [1.165, 1.54) is 12.3 Å². The summed E-state index contributed by atoms with van der Waals surface area (Å²) in [6.07, 6.45) is 2.08. The molecule has 1 aliphatic heterocycles. The highest BCUT2D eigenvalue weighted by Crippen LogP contribution is 2.38. The number of esters is 1. The van der Waals surface area contributed by atoms with Crippen LogP contribution in [0.2, 0.25) is 0 Å². The van der Waals surface area contributed by atoms with Crippen LogP contribution in [-0.4, -0.2) is 56.5 Å². The van der Waals surface area contributed by atoms with Gasteiger partial charge in [-0.25, -0.2) is 9.18 Å². The van der Waals surface area contributed by atoms with Gasteiger partial charge >= 0.3 is 11.7 Å². The van der Waals surface area contributed by atoms with Crippen LogP contribution in [0.3, 0.4) is 0 Å². The molecule has 2 heterocycles. The standard InChI is InChI=1S/C19H25FN2O7/c20-19(10-27-17(25)11-4-2-1-3-5-11)15(24)14(23)16(29-19)22-9-8-13(21-18(22)26)28-12-6-7-12/h8-9,11-12,14-16,23-24H,1-7,10H2/t14-,15+,16-,19-/m1/s1. The number of hydrogen-bond donors (Lipinski definition) is 2. The van der Waals surface area contributed by atoms with Crippen LogP contribution in [0.4, 0.5) is 4.39 Å². The van der Waals surface area contributed by atoms with E-state index < -0.39 is 42.6 Å². The maximum Gasteiger partial charge on any atom is 0.353 e. The van der Waals surface area contributed by atoms with Crippen molar-refractivity contribution in [3.63, 3.8) is 0 Å². The molecule has 2 N–H and O–H groups in total. The highest BCUT2D eigenvalue weighted by Gasteiger charge is 2.57. The molecule has 10 heteroatoms. The van der Waals surface area contributed by atoms with Crippen LogP contribution in [-0.2, 0) is 14.3 Å². The van der Waals surface area contributed by atoms with Gasteiger partial charge in [0.15, 0.2) is 12.8 Å². The average Bonchev–Trinajstić information content (AvgIpc) is 3.51. The van der Waals surface area contributed by atoms with Gasteiger partial charge in [0.25, 0.3) is 5.85 Å². The number of alkyl halides is 1. The van der Waals surface area contributed by atoms with Gasteiger partial charge in [-0.15, -0.1) is 0 Å². The van der Waals surface area contributed by atoms with Crippen molar-refractivity contribution in [2.45, 2.75) is 75.3 Å². The molecule has 0 aromatic carbocycles. The van der Waals surface area contributed by atoms with Crippen LogP contribution in [0.1, 0.15) is 51.2 Å². The van der Waals surface area contributed by atoms with Gasteiger partial charge in [-0.2, -0.15) is 4.98 Å². The van der Waals surface area contributed by atoms with Gasteiger partial charge in [-0.3, -0.25) is 9.36 Å². The van der Waals surface area contributed by atoms with Crippen molar-refractivity contribution in [3.05, 3.63) is 22.7 Å². The average molecular weight is 412 g/mol. The first-order valence-electron chi connectivity index (χ1n) is 10.0. The third-order valence-corrected chi connectivity index (χ3v) is 5.61. The number of halogens is 1. The number of hydrogen-bond acceptors (Lipinski definition) is 8. The molecule has 4 rings (SSSR count). The molecule has 2 saturated carbocycles. The quantitative estimate of drug-likeness (QED) is 0.659. The number of aromatic nitrogens is 2. The summed E-state index contributed by atoms with van der Waals surface area (Å²) in [4.78, 5) is 28.2. The molecule has 0 radical (unpaired) electrons. The summed E-state index contributed by atoms with van der Waals surface area (Å²) in [6.45, 7) is -0.873. The van der Waals surface area contributed by atoms with E-state index in [0.717, 1.165) is 36.7 Å². The molecule has 1 saturated heterocycles. The Morgan fingerprint density at radius 2 is 2.00 bits per heavy atom. The summed E-state index contributed by atoms with van der Waals surface area (Å²) in [5, 5.41) is 20.4. The highest BCUT2D eigenvalue weighted by atomic mass is 19.2. The third-order valence-electron chi connectivity index (χ3n) is 5.61. The lowest BCUT2D eigenvalue weighted by Crippen LogP contribution is -2.44. The van der Waals surface area contributed by atoms with Gasteiger partial charge in [0.1, 0.15) is 18.3 Å². The molecule has 3 aliphatic rings. The molecule has 0 unspecified atom stereocenters. The number of rotatable bonds is 6. The zero-order valence-corrected chi connectivity index (χ0v) is 15.9. The van der Waals surface area contributed by atoms with E-state index in [9.17, 15) is 19.8 Å². The van der Waals surface area contributed by atoms with Crippen molar-refractivity contribution in [1.82, 2.24) is 9.55 Å². The molecule has 4 atom stereocenters. The predicted octanol–water partition coefficient (Wildman–Crippen LogP) is 0.824. The van der Waals surface area contributed by atoms with Crippen LogP contribution in [0.25, 0.3) is 0 Å². The molecule has 9 nitrogen and oxygen atoms in total. The van der Waals surface area contributed by atoms with E-state index >= 15 is 4.39 Å². The van der Waals surface area contributed by atoms with Crippen molar-refractivity contribution >= 4 is 5.97 Å². The van der Waals surface area contributed by atoms with Gasteiger partial charge in [0, 0.05) is 12.3 Å². The summed E-state index contributed by atoms with van der Waals surface area (Å²) in [5.74, 6) is -3.54. The largest absolute Gasteiger partial charge is 0.474 e. The fraction of sp³-hybridized carbons (Fsp3) is 0.737. The van der Waals surface area contributed by atoms with Gasteiger partial charge in [0.2, 0.25) is 5.88 Å². The Morgan fingerprint density at radius 1 is 1.28 bits per heavy atom. The first kappa shape index (κ1) is 20.2. The minimum Gasteiger partial charge on any atom is -0.474 e. The van der Waals surface area contributed by atoms with E-state index in [1.54, 1.807) is 0 Å². The lowest BCUT2D eigenvalue weighted by molar-refractivity contribution is -0.218. The van der Waals surface area contributed by atoms with Crippen molar-refractivity contribution in [2.24, 2.45) is 5.92 Å². The van der Waals surface area contributed by atoms with E-state index in [0.29, 0.717) is 12.8 Å². The SMILES string of the molecule is O=C(OC[C@@]1(F)O[C@@H](n2ccc(OC3CC3)nc2=O)[C@H](O)[C@@H]1O)C1CCCCC1. The number of carbonyl (C=O) groups is 1. The van der Waals surface area contributed by atoms with Crippen LogP contribution < -0.4 is 10.4 Å². The molecule has 3 fully saturated rings.